The second kappa shape index (κ2) is 3.36. The lowest BCUT2D eigenvalue weighted by Gasteiger charge is -2.23. The highest BCUT2D eigenvalue weighted by Crippen LogP contribution is 2.25. The molecule has 1 unspecified atom stereocenters. The smallest absolute Gasteiger partial charge is 0.323 e. The van der Waals surface area contributed by atoms with E-state index in [4.69, 9.17) is 0 Å². The third kappa shape index (κ3) is 1.41. The van der Waals surface area contributed by atoms with Crippen LogP contribution in [0, 0.1) is 0 Å². The van der Waals surface area contributed by atoms with Crippen LogP contribution >= 0.6 is 0 Å². The van der Waals surface area contributed by atoms with Crippen molar-refractivity contribution in [1.29, 1.82) is 0 Å². The molecule has 0 aromatic carbocycles. The summed E-state index contributed by atoms with van der Waals surface area (Å²) in [5.74, 6) is -0.0955. The highest BCUT2D eigenvalue weighted by atomic mass is 16.2. The Kier molecular flexibility index (Phi) is 2.59. The molecule has 0 spiro atoms. The van der Waals surface area contributed by atoms with E-state index < -0.39 is 5.54 Å². The van der Waals surface area contributed by atoms with E-state index in [9.17, 15) is 9.59 Å². The van der Waals surface area contributed by atoms with Crippen LogP contribution in [0.1, 0.15) is 33.1 Å². The maximum absolute atomic E-state index is 11.7. The molecule has 1 saturated heterocycles. The fraction of sp³-hybridized carbons (Fsp3) is 0.778. The van der Waals surface area contributed by atoms with E-state index in [1.807, 2.05) is 13.8 Å². The van der Waals surface area contributed by atoms with Gasteiger partial charge in [0.25, 0.3) is 5.91 Å². The van der Waals surface area contributed by atoms with E-state index in [1.54, 1.807) is 0 Å². The van der Waals surface area contributed by atoms with Gasteiger partial charge in [-0.15, -0.1) is 0 Å². The van der Waals surface area contributed by atoms with Crippen LogP contribution < -0.4 is 5.32 Å². The maximum atomic E-state index is 11.7. The Morgan fingerprint density at radius 3 is 2.31 bits per heavy atom. The fourth-order valence-electron chi connectivity index (χ4n) is 1.77. The third-order valence-electron chi connectivity index (χ3n) is 2.65. The van der Waals surface area contributed by atoms with Gasteiger partial charge in [-0.2, -0.15) is 0 Å². The minimum Gasteiger partial charge on any atom is -0.323 e. The summed E-state index contributed by atoms with van der Waals surface area (Å²) in [5.41, 5.74) is -0.624. The first-order chi connectivity index (χ1) is 6.07. The number of urea groups is 1. The van der Waals surface area contributed by atoms with Crippen molar-refractivity contribution in [2.75, 3.05) is 7.05 Å². The Bertz CT molecular complexity index is 240. The molecule has 1 atom stereocenters. The quantitative estimate of drug-likeness (QED) is 0.668. The largest absolute Gasteiger partial charge is 0.324 e. The first-order valence-electron chi connectivity index (χ1n) is 4.67. The number of rotatable bonds is 3. The van der Waals surface area contributed by atoms with Gasteiger partial charge in [-0.05, 0) is 12.8 Å². The standard InChI is InChI=1S/C9H16N2O2/c1-4-6-9(5-2)7(12)11(3)8(13)10-9/h4-6H2,1-3H3,(H,10,13). The van der Waals surface area contributed by atoms with Gasteiger partial charge in [0, 0.05) is 7.05 Å². The Labute approximate surface area is 78.3 Å². The predicted molar refractivity (Wildman–Crippen MR) is 49.2 cm³/mol. The molecule has 0 radical (unpaired) electrons. The van der Waals surface area contributed by atoms with Gasteiger partial charge < -0.3 is 5.32 Å². The van der Waals surface area contributed by atoms with Gasteiger partial charge in [-0.3, -0.25) is 9.69 Å². The zero-order chi connectivity index (χ0) is 10.1. The number of hydrogen-bond acceptors (Lipinski definition) is 2. The number of hydrogen-bond donors (Lipinski definition) is 1. The van der Waals surface area contributed by atoms with Crippen LogP contribution in [-0.4, -0.2) is 29.4 Å². The first-order valence-corrected chi connectivity index (χ1v) is 4.67. The van der Waals surface area contributed by atoms with E-state index >= 15 is 0 Å². The Balaban J connectivity index is 2.89. The molecular formula is C9H16N2O2. The molecule has 13 heavy (non-hydrogen) atoms. The van der Waals surface area contributed by atoms with Gasteiger partial charge in [0.2, 0.25) is 0 Å². The molecule has 1 aliphatic rings. The topological polar surface area (TPSA) is 49.4 Å². The summed E-state index contributed by atoms with van der Waals surface area (Å²) >= 11 is 0. The fourth-order valence-corrected chi connectivity index (χ4v) is 1.77. The van der Waals surface area contributed by atoms with Crippen LogP contribution in [0.5, 0.6) is 0 Å². The van der Waals surface area contributed by atoms with Crippen molar-refractivity contribution in [2.45, 2.75) is 38.6 Å². The van der Waals surface area contributed by atoms with Crippen molar-refractivity contribution in [3.8, 4) is 0 Å². The third-order valence-corrected chi connectivity index (χ3v) is 2.65. The molecule has 0 bridgehead atoms. The second-order valence-electron chi connectivity index (χ2n) is 3.48. The highest BCUT2D eigenvalue weighted by Gasteiger charge is 2.47. The van der Waals surface area contributed by atoms with E-state index in [0.29, 0.717) is 6.42 Å². The van der Waals surface area contributed by atoms with E-state index in [0.717, 1.165) is 12.8 Å². The zero-order valence-electron chi connectivity index (χ0n) is 8.39. The van der Waals surface area contributed by atoms with Crippen molar-refractivity contribution < 1.29 is 9.59 Å². The second-order valence-corrected chi connectivity index (χ2v) is 3.48. The minimum absolute atomic E-state index is 0.0955. The van der Waals surface area contributed by atoms with E-state index in [1.165, 1.54) is 11.9 Å². The van der Waals surface area contributed by atoms with Crippen LogP contribution in [0.2, 0.25) is 0 Å². The average Bonchev–Trinajstić information content (AvgIpc) is 2.32. The van der Waals surface area contributed by atoms with Crippen LogP contribution in [-0.2, 0) is 4.79 Å². The molecule has 1 aliphatic heterocycles. The van der Waals surface area contributed by atoms with Gasteiger partial charge >= 0.3 is 6.03 Å². The zero-order valence-corrected chi connectivity index (χ0v) is 8.39. The molecule has 74 valence electrons. The molecule has 4 heteroatoms. The van der Waals surface area contributed by atoms with Gasteiger partial charge in [0.15, 0.2) is 0 Å². The highest BCUT2D eigenvalue weighted by molar-refractivity contribution is 6.06. The number of imide groups is 1. The molecule has 0 aliphatic carbocycles. The van der Waals surface area contributed by atoms with Gasteiger partial charge in [0.05, 0.1) is 0 Å². The molecule has 0 aromatic rings. The molecule has 0 aromatic heterocycles. The lowest BCUT2D eigenvalue weighted by atomic mass is 9.91. The average molecular weight is 184 g/mol. The van der Waals surface area contributed by atoms with Gasteiger partial charge in [-0.1, -0.05) is 20.3 Å². The van der Waals surface area contributed by atoms with Gasteiger partial charge in [0.1, 0.15) is 5.54 Å². The van der Waals surface area contributed by atoms with Crippen molar-refractivity contribution in [3.63, 3.8) is 0 Å². The number of likely N-dealkylation sites (N-methyl/N-ethyl adjacent to an activating group) is 1. The molecule has 0 saturated carbocycles. The van der Waals surface area contributed by atoms with Gasteiger partial charge in [-0.25, -0.2) is 4.79 Å². The molecule has 3 amide bonds. The summed E-state index contributed by atoms with van der Waals surface area (Å²) in [4.78, 5) is 24.1. The summed E-state index contributed by atoms with van der Waals surface area (Å²) < 4.78 is 0. The predicted octanol–water partition coefficient (Wildman–Crippen LogP) is 1.12. The number of carbonyl (C=O) groups is 2. The van der Waals surface area contributed by atoms with Crippen molar-refractivity contribution in [2.24, 2.45) is 0 Å². The summed E-state index contributed by atoms with van der Waals surface area (Å²) in [6, 6.07) is -0.277. The van der Waals surface area contributed by atoms with E-state index in [-0.39, 0.29) is 11.9 Å². The normalized spacial score (nSPS) is 28.1. The Hall–Kier alpha value is -1.06. The van der Waals surface area contributed by atoms with Crippen molar-refractivity contribution >= 4 is 11.9 Å². The molecular weight excluding hydrogens is 168 g/mol. The van der Waals surface area contributed by atoms with Crippen molar-refractivity contribution in [3.05, 3.63) is 0 Å². The van der Waals surface area contributed by atoms with Crippen LogP contribution in [0.4, 0.5) is 4.79 Å². The summed E-state index contributed by atoms with van der Waals surface area (Å²) in [5, 5.41) is 2.75. The summed E-state index contributed by atoms with van der Waals surface area (Å²) in [6.45, 7) is 3.93. The number of carbonyl (C=O) groups excluding carboxylic acids is 2. The van der Waals surface area contributed by atoms with E-state index in [2.05, 4.69) is 5.32 Å². The van der Waals surface area contributed by atoms with Crippen molar-refractivity contribution in [1.82, 2.24) is 10.2 Å². The number of nitrogens with zero attached hydrogens (tertiary/aromatic N) is 1. The monoisotopic (exact) mass is 184 g/mol. The lowest BCUT2D eigenvalue weighted by molar-refractivity contribution is -0.130. The summed E-state index contributed by atoms with van der Waals surface area (Å²) in [7, 11) is 1.52. The first kappa shape index (κ1) is 10.0. The number of nitrogens with one attached hydrogen (secondary N) is 1. The molecule has 1 N–H and O–H groups in total. The summed E-state index contributed by atoms with van der Waals surface area (Å²) in [6.07, 6.45) is 2.28. The minimum atomic E-state index is -0.624. The van der Waals surface area contributed by atoms with Crippen LogP contribution in [0.15, 0.2) is 0 Å². The lowest BCUT2D eigenvalue weighted by Crippen LogP contribution is -2.46. The van der Waals surface area contributed by atoms with Crippen LogP contribution in [0.25, 0.3) is 0 Å². The van der Waals surface area contributed by atoms with Crippen LogP contribution in [0.3, 0.4) is 0 Å². The molecule has 1 heterocycles. The Morgan fingerprint density at radius 1 is 1.38 bits per heavy atom. The SMILES string of the molecule is CCCC1(CC)NC(=O)N(C)C1=O. The molecule has 1 fully saturated rings. The maximum Gasteiger partial charge on any atom is 0.324 e. The molecule has 1 rings (SSSR count). The number of amides is 3. The molecule has 4 nitrogen and oxygen atoms in total. The Morgan fingerprint density at radius 2 is 2.00 bits per heavy atom.